The highest BCUT2D eigenvalue weighted by Gasteiger charge is 2.34. The van der Waals surface area contributed by atoms with Crippen LogP contribution in [0, 0.1) is 5.41 Å². The largest absolute Gasteiger partial charge is 0.433 e. The molecule has 1 aromatic carbocycles. The molecule has 0 unspecified atom stereocenters. The average molecular weight is 401 g/mol. The summed E-state index contributed by atoms with van der Waals surface area (Å²) in [4.78, 5) is -0.299. The van der Waals surface area contributed by atoms with Crippen LogP contribution in [-0.4, -0.2) is 48.4 Å². The topological polar surface area (TPSA) is 76.7 Å². The fraction of sp³-hybridized carbons (Fsp3) is 0.600. The smallest absolute Gasteiger partial charge is 0.387 e. The molecule has 0 saturated carbocycles. The number of para-hydroxylation sites is 1. The van der Waals surface area contributed by atoms with Gasteiger partial charge >= 0.3 is 6.61 Å². The molecule has 0 bridgehead atoms. The molecule has 144 valence electrons. The lowest BCUT2D eigenvalue weighted by molar-refractivity contribution is -0.0517. The normalized spacial score (nSPS) is 17.1. The molecule has 6 nitrogen and oxygen atoms in total. The van der Waals surface area contributed by atoms with E-state index in [2.05, 4.69) is 14.8 Å². The molecule has 0 atom stereocenters. The molecule has 2 rings (SSSR count). The molecule has 25 heavy (non-hydrogen) atoms. The summed E-state index contributed by atoms with van der Waals surface area (Å²) in [5, 5.41) is 3.22. The minimum Gasteiger partial charge on any atom is -0.433 e. The number of hydrogen-bond donors (Lipinski definition) is 2. The van der Waals surface area contributed by atoms with Gasteiger partial charge in [0.1, 0.15) is 10.6 Å². The highest BCUT2D eigenvalue weighted by Crippen LogP contribution is 2.30. The van der Waals surface area contributed by atoms with Gasteiger partial charge in [-0.05, 0) is 38.1 Å². The molecule has 1 aliphatic rings. The van der Waals surface area contributed by atoms with Crippen LogP contribution in [0.15, 0.2) is 29.2 Å². The fourth-order valence-corrected chi connectivity index (χ4v) is 4.12. The average Bonchev–Trinajstić information content (AvgIpc) is 2.54. The Kier molecular flexibility index (Phi) is 8.49. The van der Waals surface area contributed by atoms with Gasteiger partial charge in [-0.1, -0.05) is 12.1 Å². The van der Waals surface area contributed by atoms with Crippen LogP contribution in [-0.2, 0) is 14.8 Å². The molecular weight excluding hydrogens is 378 g/mol. The van der Waals surface area contributed by atoms with Gasteiger partial charge in [0.15, 0.2) is 0 Å². The van der Waals surface area contributed by atoms with Crippen molar-refractivity contribution < 1.29 is 26.7 Å². The highest BCUT2D eigenvalue weighted by molar-refractivity contribution is 7.89. The van der Waals surface area contributed by atoms with E-state index in [1.165, 1.54) is 24.3 Å². The number of benzene rings is 1. The summed E-state index contributed by atoms with van der Waals surface area (Å²) in [5.41, 5.74) is -0.314. The zero-order valence-corrected chi connectivity index (χ0v) is 15.5. The minimum absolute atomic E-state index is 0. The van der Waals surface area contributed by atoms with Gasteiger partial charge in [0.2, 0.25) is 10.0 Å². The van der Waals surface area contributed by atoms with Crippen molar-refractivity contribution in [3.63, 3.8) is 0 Å². The van der Waals surface area contributed by atoms with Crippen molar-refractivity contribution in [2.45, 2.75) is 24.3 Å². The fourth-order valence-electron chi connectivity index (χ4n) is 2.83. The summed E-state index contributed by atoms with van der Waals surface area (Å²) in [6, 6.07) is 5.35. The Bertz CT molecular complexity index is 635. The van der Waals surface area contributed by atoms with Crippen LogP contribution in [0.4, 0.5) is 8.78 Å². The van der Waals surface area contributed by atoms with E-state index < -0.39 is 16.6 Å². The van der Waals surface area contributed by atoms with E-state index in [1.807, 2.05) is 0 Å². The van der Waals surface area contributed by atoms with Crippen LogP contribution in [0.3, 0.4) is 0 Å². The quantitative estimate of drug-likeness (QED) is 0.698. The number of rotatable bonds is 8. The van der Waals surface area contributed by atoms with Gasteiger partial charge in [-0.3, -0.25) is 0 Å². The summed E-state index contributed by atoms with van der Waals surface area (Å²) in [6.45, 7) is -0.947. The maximum absolute atomic E-state index is 12.5. The van der Waals surface area contributed by atoms with Gasteiger partial charge in [-0.15, -0.1) is 12.4 Å². The Balaban J connectivity index is 0.00000312. The van der Waals surface area contributed by atoms with Gasteiger partial charge in [-0.25, -0.2) is 13.1 Å². The predicted molar refractivity (Wildman–Crippen MR) is 91.9 cm³/mol. The zero-order chi connectivity index (χ0) is 17.6. The maximum atomic E-state index is 12.5. The molecule has 1 fully saturated rings. The second-order valence-corrected chi connectivity index (χ2v) is 7.57. The molecule has 1 aromatic rings. The first-order valence-corrected chi connectivity index (χ1v) is 9.10. The molecule has 0 aromatic heterocycles. The third kappa shape index (κ3) is 6.03. The van der Waals surface area contributed by atoms with Gasteiger partial charge in [0, 0.05) is 19.1 Å². The molecule has 1 heterocycles. The van der Waals surface area contributed by atoms with Gasteiger partial charge in [0.25, 0.3) is 0 Å². The number of ether oxygens (including phenoxy) is 2. The molecule has 10 heteroatoms. The van der Waals surface area contributed by atoms with Crippen molar-refractivity contribution in [2.75, 3.05) is 33.4 Å². The Morgan fingerprint density at radius 2 is 1.92 bits per heavy atom. The Hall–Kier alpha value is -1.00. The maximum Gasteiger partial charge on any atom is 0.387 e. The van der Waals surface area contributed by atoms with E-state index in [0.29, 0.717) is 6.61 Å². The van der Waals surface area contributed by atoms with E-state index in [9.17, 15) is 17.2 Å². The summed E-state index contributed by atoms with van der Waals surface area (Å²) < 4.78 is 62.1. The molecule has 0 spiro atoms. The van der Waals surface area contributed by atoms with Crippen LogP contribution < -0.4 is 14.8 Å². The lowest BCUT2D eigenvalue weighted by Gasteiger charge is -2.37. The van der Waals surface area contributed by atoms with Crippen molar-refractivity contribution in [1.82, 2.24) is 10.0 Å². The zero-order valence-electron chi connectivity index (χ0n) is 13.8. The summed E-state index contributed by atoms with van der Waals surface area (Å²) >= 11 is 0. The molecule has 0 radical (unpaired) electrons. The third-order valence-corrected chi connectivity index (χ3v) is 5.55. The van der Waals surface area contributed by atoms with Crippen molar-refractivity contribution in [1.29, 1.82) is 0 Å². The number of methoxy groups -OCH3 is 1. The van der Waals surface area contributed by atoms with E-state index >= 15 is 0 Å². The number of hydrogen-bond acceptors (Lipinski definition) is 5. The van der Waals surface area contributed by atoms with E-state index in [0.717, 1.165) is 25.9 Å². The van der Waals surface area contributed by atoms with Crippen LogP contribution >= 0.6 is 12.4 Å². The van der Waals surface area contributed by atoms with Crippen LogP contribution in [0.25, 0.3) is 0 Å². The van der Waals surface area contributed by atoms with Crippen molar-refractivity contribution in [3.05, 3.63) is 24.3 Å². The Morgan fingerprint density at radius 3 is 2.52 bits per heavy atom. The van der Waals surface area contributed by atoms with Crippen molar-refractivity contribution >= 4 is 22.4 Å². The van der Waals surface area contributed by atoms with Crippen LogP contribution in [0.5, 0.6) is 5.75 Å². The van der Waals surface area contributed by atoms with E-state index in [1.54, 1.807) is 7.11 Å². The second-order valence-electron chi connectivity index (χ2n) is 5.83. The molecule has 1 saturated heterocycles. The molecule has 0 aliphatic carbocycles. The van der Waals surface area contributed by atoms with Gasteiger partial charge in [0.05, 0.1) is 6.61 Å². The highest BCUT2D eigenvalue weighted by atomic mass is 35.5. The second kappa shape index (κ2) is 9.63. The Morgan fingerprint density at radius 1 is 1.28 bits per heavy atom. The molecule has 0 amide bonds. The van der Waals surface area contributed by atoms with Crippen LogP contribution in [0.1, 0.15) is 12.8 Å². The van der Waals surface area contributed by atoms with Crippen LogP contribution in [0.2, 0.25) is 0 Å². The lowest BCUT2D eigenvalue weighted by atomic mass is 9.80. The molecular formula is C15H23ClF2N2O4S. The third-order valence-electron chi connectivity index (χ3n) is 4.11. The number of piperidine rings is 1. The lowest BCUT2D eigenvalue weighted by Crippen LogP contribution is -2.47. The predicted octanol–water partition coefficient (Wildman–Crippen LogP) is 2.00. The first-order chi connectivity index (χ1) is 11.4. The van der Waals surface area contributed by atoms with Gasteiger partial charge in [-0.2, -0.15) is 8.78 Å². The minimum atomic E-state index is -3.98. The first-order valence-electron chi connectivity index (χ1n) is 7.62. The SMILES string of the molecule is COCC1(CNS(=O)(=O)c2ccccc2OC(F)F)CCNCC1.Cl. The molecule has 1 aliphatic heterocycles. The van der Waals surface area contributed by atoms with Crippen molar-refractivity contribution in [2.24, 2.45) is 5.41 Å². The summed E-state index contributed by atoms with van der Waals surface area (Å²) in [5.74, 6) is -0.369. The Labute approximate surface area is 152 Å². The van der Waals surface area contributed by atoms with E-state index in [4.69, 9.17) is 4.74 Å². The number of alkyl halides is 2. The summed E-state index contributed by atoms with van der Waals surface area (Å²) in [6.07, 6.45) is 1.52. The summed E-state index contributed by atoms with van der Waals surface area (Å²) in [7, 11) is -2.40. The van der Waals surface area contributed by atoms with Crippen molar-refractivity contribution in [3.8, 4) is 5.75 Å². The monoisotopic (exact) mass is 400 g/mol. The number of halogens is 3. The number of sulfonamides is 1. The van der Waals surface area contributed by atoms with E-state index in [-0.39, 0.29) is 35.0 Å². The number of nitrogens with one attached hydrogen (secondary N) is 2. The molecule has 2 N–H and O–H groups in total. The van der Waals surface area contributed by atoms with Gasteiger partial charge < -0.3 is 14.8 Å². The first kappa shape index (κ1) is 22.0. The standard InChI is InChI=1S/C15H22F2N2O4S.ClH/c1-22-11-15(6-8-18-9-7-15)10-19-24(20,21)13-5-3-2-4-12(13)23-14(16)17;/h2-5,14,18-19H,6-11H2,1H3;1H.